The van der Waals surface area contributed by atoms with Crippen LogP contribution in [0.5, 0.6) is 0 Å². The summed E-state index contributed by atoms with van der Waals surface area (Å²) in [6, 6.07) is -0.103. The zero-order valence-electron chi connectivity index (χ0n) is 9.96. The minimum absolute atomic E-state index is 0.103. The first-order chi connectivity index (χ1) is 8.31. The molecule has 0 aromatic carbocycles. The van der Waals surface area contributed by atoms with Crippen molar-refractivity contribution < 1.29 is 0 Å². The van der Waals surface area contributed by atoms with Gasteiger partial charge in [-0.05, 0) is 19.0 Å². The van der Waals surface area contributed by atoms with Gasteiger partial charge in [0.05, 0.1) is 11.9 Å². The molecule has 2 heterocycles. The Balaban J connectivity index is 2.32. The summed E-state index contributed by atoms with van der Waals surface area (Å²) in [6.45, 7) is 4.82. The molecule has 0 saturated heterocycles. The highest BCUT2D eigenvalue weighted by atomic mass is 15.0. The van der Waals surface area contributed by atoms with Gasteiger partial charge < -0.3 is 5.32 Å². The Hall–Kier alpha value is -1.88. The van der Waals surface area contributed by atoms with Gasteiger partial charge in [-0.1, -0.05) is 6.92 Å². The number of aryl methyl sites for hydroxylation is 1. The highest BCUT2D eigenvalue weighted by molar-refractivity contribution is 5.15. The molecule has 0 fully saturated rings. The molecule has 1 atom stereocenters. The topological polar surface area (TPSA) is 63.6 Å². The van der Waals surface area contributed by atoms with Crippen LogP contribution in [0.1, 0.15) is 30.0 Å². The molecule has 0 bridgehead atoms. The number of hydrogen-bond acceptors (Lipinski definition) is 5. The third-order valence-corrected chi connectivity index (χ3v) is 2.35. The van der Waals surface area contributed by atoms with Crippen LogP contribution in [-0.4, -0.2) is 26.5 Å². The summed E-state index contributed by atoms with van der Waals surface area (Å²) in [7, 11) is 0. The summed E-state index contributed by atoms with van der Waals surface area (Å²) in [5.41, 5.74) is 1.88. The molecule has 0 aliphatic carbocycles. The third-order valence-electron chi connectivity index (χ3n) is 2.35. The van der Waals surface area contributed by atoms with Crippen LogP contribution in [-0.2, 0) is 0 Å². The van der Waals surface area contributed by atoms with Crippen LogP contribution in [0.15, 0.2) is 31.0 Å². The minimum atomic E-state index is -0.103. The second kappa shape index (κ2) is 5.45. The normalized spacial score (nSPS) is 12.4. The first kappa shape index (κ1) is 11.6. The molecule has 2 rings (SSSR count). The Morgan fingerprint density at radius 1 is 1.12 bits per heavy atom. The average Bonchev–Trinajstić information content (AvgIpc) is 2.38. The van der Waals surface area contributed by atoms with E-state index in [1.165, 1.54) is 0 Å². The Kier molecular flexibility index (Phi) is 3.72. The van der Waals surface area contributed by atoms with Crippen LogP contribution in [0.2, 0.25) is 0 Å². The van der Waals surface area contributed by atoms with Gasteiger partial charge in [-0.2, -0.15) is 0 Å². The van der Waals surface area contributed by atoms with Gasteiger partial charge in [0.2, 0.25) is 0 Å². The zero-order valence-corrected chi connectivity index (χ0v) is 9.96. The van der Waals surface area contributed by atoms with Crippen molar-refractivity contribution in [2.24, 2.45) is 0 Å². The van der Waals surface area contributed by atoms with Gasteiger partial charge in [0.25, 0.3) is 0 Å². The number of nitrogens with zero attached hydrogens (tertiary/aromatic N) is 4. The van der Waals surface area contributed by atoms with E-state index in [-0.39, 0.29) is 6.04 Å². The van der Waals surface area contributed by atoms with Gasteiger partial charge in [-0.15, -0.1) is 0 Å². The Morgan fingerprint density at radius 3 is 2.47 bits per heavy atom. The number of aromatic nitrogens is 4. The summed E-state index contributed by atoms with van der Waals surface area (Å²) in [4.78, 5) is 17.0. The van der Waals surface area contributed by atoms with E-state index in [1.807, 2.05) is 26.2 Å². The highest BCUT2D eigenvalue weighted by Crippen LogP contribution is 2.15. The molecular weight excluding hydrogens is 214 g/mol. The number of nitrogens with one attached hydrogen (secondary N) is 1. The van der Waals surface area contributed by atoms with Gasteiger partial charge in [0.15, 0.2) is 5.82 Å². The van der Waals surface area contributed by atoms with Crippen molar-refractivity contribution in [3.63, 3.8) is 0 Å². The predicted octanol–water partition coefficient (Wildman–Crippen LogP) is 1.27. The van der Waals surface area contributed by atoms with Gasteiger partial charge >= 0.3 is 0 Å². The molecule has 2 aromatic heterocycles. The molecule has 0 aliphatic heterocycles. The second-order valence-electron chi connectivity index (χ2n) is 3.74. The van der Waals surface area contributed by atoms with Crippen molar-refractivity contribution in [2.75, 3.05) is 6.54 Å². The smallest absolute Gasteiger partial charge is 0.151 e. The van der Waals surface area contributed by atoms with Crippen molar-refractivity contribution >= 4 is 0 Å². The van der Waals surface area contributed by atoms with E-state index in [9.17, 15) is 0 Å². The lowest BCUT2D eigenvalue weighted by Crippen LogP contribution is -2.25. The Morgan fingerprint density at radius 2 is 1.88 bits per heavy atom. The molecule has 0 spiro atoms. The molecule has 1 N–H and O–H groups in total. The molecule has 5 heteroatoms. The maximum Gasteiger partial charge on any atom is 0.151 e. The summed E-state index contributed by atoms with van der Waals surface area (Å²) < 4.78 is 0. The summed E-state index contributed by atoms with van der Waals surface area (Å²) in [5.74, 6) is 0.720. The fourth-order valence-electron chi connectivity index (χ4n) is 1.54. The van der Waals surface area contributed by atoms with Crippen LogP contribution in [0, 0.1) is 6.92 Å². The van der Waals surface area contributed by atoms with E-state index in [1.54, 1.807) is 18.6 Å². The summed E-state index contributed by atoms with van der Waals surface area (Å²) >= 11 is 0. The first-order valence-electron chi connectivity index (χ1n) is 5.59. The molecule has 88 valence electrons. The van der Waals surface area contributed by atoms with Gasteiger partial charge in [0.1, 0.15) is 6.04 Å². The molecule has 0 amide bonds. The molecule has 0 saturated carbocycles. The number of hydrogen-bond donors (Lipinski definition) is 1. The lowest BCUT2D eigenvalue weighted by Gasteiger charge is -2.15. The maximum atomic E-state index is 4.33. The monoisotopic (exact) mass is 229 g/mol. The standard InChI is InChI=1S/C12H15N5/c1-3-14-11(10-8-13-4-5-15-10)12-16-6-9(2)7-17-12/h4-8,11,14H,3H2,1-2H3. The second-order valence-corrected chi connectivity index (χ2v) is 3.74. The van der Waals surface area contributed by atoms with Gasteiger partial charge in [0, 0.05) is 24.8 Å². The minimum Gasteiger partial charge on any atom is -0.303 e. The van der Waals surface area contributed by atoms with E-state index in [2.05, 4.69) is 25.3 Å². The molecular formula is C12H15N5. The van der Waals surface area contributed by atoms with Crippen LogP contribution in [0.3, 0.4) is 0 Å². The predicted molar refractivity (Wildman–Crippen MR) is 64.3 cm³/mol. The van der Waals surface area contributed by atoms with Crippen molar-refractivity contribution in [3.05, 3.63) is 48.1 Å². The van der Waals surface area contributed by atoms with Crippen molar-refractivity contribution in [2.45, 2.75) is 19.9 Å². The lowest BCUT2D eigenvalue weighted by atomic mass is 10.2. The van der Waals surface area contributed by atoms with E-state index in [0.717, 1.165) is 23.6 Å². The van der Waals surface area contributed by atoms with Crippen molar-refractivity contribution in [1.29, 1.82) is 0 Å². The van der Waals surface area contributed by atoms with E-state index in [0.29, 0.717) is 0 Å². The zero-order chi connectivity index (χ0) is 12.1. The molecule has 1 unspecified atom stereocenters. The van der Waals surface area contributed by atoms with Crippen LogP contribution >= 0.6 is 0 Å². The highest BCUT2D eigenvalue weighted by Gasteiger charge is 2.16. The van der Waals surface area contributed by atoms with E-state index in [4.69, 9.17) is 0 Å². The summed E-state index contributed by atoms with van der Waals surface area (Å²) in [5, 5.41) is 3.31. The first-order valence-corrected chi connectivity index (χ1v) is 5.59. The van der Waals surface area contributed by atoms with Crippen LogP contribution < -0.4 is 5.32 Å². The Bertz CT molecular complexity index is 454. The molecule has 0 aliphatic rings. The van der Waals surface area contributed by atoms with E-state index < -0.39 is 0 Å². The molecule has 0 radical (unpaired) electrons. The van der Waals surface area contributed by atoms with Crippen LogP contribution in [0.25, 0.3) is 0 Å². The Labute approximate surface area is 100 Å². The third kappa shape index (κ3) is 2.82. The van der Waals surface area contributed by atoms with Crippen molar-refractivity contribution in [1.82, 2.24) is 25.3 Å². The average molecular weight is 229 g/mol. The molecule has 2 aromatic rings. The lowest BCUT2D eigenvalue weighted by molar-refractivity contribution is 0.580. The summed E-state index contributed by atoms with van der Waals surface area (Å²) in [6.07, 6.45) is 8.68. The molecule has 5 nitrogen and oxygen atoms in total. The van der Waals surface area contributed by atoms with Gasteiger partial charge in [-0.25, -0.2) is 9.97 Å². The van der Waals surface area contributed by atoms with Crippen molar-refractivity contribution in [3.8, 4) is 0 Å². The maximum absolute atomic E-state index is 4.33. The SMILES string of the molecule is CCNC(c1cnccn1)c1ncc(C)cn1. The molecule has 17 heavy (non-hydrogen) atoms. The fraction of sp³-hybridized carbons (Fsp3) is 0.333. The van der Waals surface area contributed by atoms with E-state index >= 15 is 0 Å². The quantitative estimate of drug-likeness (QED) is 0.855. The van der Waals surface area contributed by atoms with Crippen LogP contribution in [0.4, 0.5) is 0 Å². The number of rotatable bonds is 4. The van der Waals surface area contributed by atoms with Gasteiger partial charge in [-0.3, -0.25) is 9.97 Å². The fourth-order valence-corrected chi connectivity index (χ4v) is 1.54. The largest absolute Gasteiger partial charge is 0.303 e.